The van der Waals surface area contributed by atoms with Crippen LogP contribution in [0.5, 0.6) is 0 Å². The molecular formula is C46H78NO12P. The number of unbranched alkanes of at least 4 members (excludes halogenated alkanes) is 14. The molecule has 14 heteroatoms. The van der Waals surface area contributed by atoms with Crippen LogP contribution in [-0.2, 0) is 63.2 Å². The van der Waals surface area contributed by atoms with E-state index < -0.39 is 51.1 Å². The van der Waals surface area contributed by atoms with Crippen LogP contribution in [0.3, 0.4) is 0 Å². The summed E-state index contributed by atoms with van der Waals surface area (Å²) < 4.78 is 45.3. The lowest BCUT2D eigenvalue weighted by atomic mass is 10.0. The van der Waals surface area contributed by atoms with Crippen LogP contribution in [0.15, 0.2) is 8.83 Å². The zero-order valence-electron chi connectivity index (χ0n) is 37.7. The third kappa shape index (κ3) is 21.7. The first-order chi connectivity index (χ1) is 28.7. The standard InChI is InChI=1S/C46H78NO12P/c1-7-9-19-25-40-34(3)36(5)42(58-40)27-21-15-11-13-17-23-29-44(48)54-31-38(32-55-60(52,53)56-33-39(47)46(50)51)57-45(49)30-24-18-14-12-16-22-28-43-37(6)35(4)41(59-43)26-20-10-8-2/h38-39H,7-33,47H2,1-6H3,(H,50,51)(H,52,53). The fourth-order valence-corrected chi connectivity index (χ4v) is 7.85. The molecule has 0 aliphatic heterocycles. The summed E-state index contributed by atoms with van der Waals surface area (Å²) in [6, 6.07) is -1.54. The van der Waals surface area contributed by atoms with Gasteiger partial charge in [0, 0.05) is 38.5 Å². The van der Waals surface area contributed by atoms with Gasteiger partial charge in [0.1, 0.15) is 35.7 Å². The van der Waals surface area contributed by atoms with Crippen molar-refractivity contribution in [3.8, 4) is 0 Å². The van der Waals surface area contributed by atoms with Gasteiger partial charge in [-0.2, -0.15) is 0 Å². The number of aryl methyl sites for hydroxylation is 4. The Morgan fingerprint density at radius 3 is 1.35 bits per heavy atom. The molecule has 2 aromatic rings. The predicted octanol–water partition coefficient (Wildman–Crippen LogP) is 10.8. The summed E-state index contributed by atoms with van der Waals surface area (Å²) in [5, 5.41) is 8.93. The third-order valence-corrected chi connectivity index (χ3v) is 12.2. The van der Waals surface area contributed by atoms with E-state index >= 15 is 0 Å². The zero-order chi connectivity index (χ0) is 44.3. The van der Waals surface area contributed by atoms with Crippen molar-refractivity contribution >= 4 is 25.7 Å². The third-order valence-electron chi connectivity index (χ3n) is 11.3. The van der Waals surface area contributed by atoms with E-state index in [1.165, 1.54) is 47.9 Å². The number of carboxylic acids is 1. The molecule has 0 aliphatic rings. The Morgan fingerprint density at radius 2 is 0.933 bits per heavy atom. The molecule has 0 aromatic carbocycles. The molecule has 3 atom stereocenters. The number of hydrogen-bond acceptors (Lipinski definition) is 11. The van der Waals surface area contributed by atoms with Crippen molar-refractivity contribution in [3.05, 3.63) is 45.3 Å². The number of hydrogen-bond donors (Lipinski definition) is 3. The van der Waals surface area contributed by atoms with Crippen molar-refractivity contribution in [3.63, 3.8) is 0 Å². The maximum Gasteiger partial charge on any atom is 0.472 e. The Balaban J connectivity index is 1.71. The fraction of sp³-hybridized carbons (Fsp3) is 0.761. The minimum atomic E-state index is -4.75. The number of rotatable bonds is 36. The number of esters is 2. The van der Waals surface area contributed by atoms with Gasteiger partial charge < -0.3 is 34.0 Å². The van der Waals surface area contributed by atoms with Crippen molar-refractivity contribution in [1.82, 2.24) is 0 Å². The van der Waals surface area contributed by atoms with E-state index in [-0.39, 0.29) is 19.4 Å². The SMILES string of the molecule is CCCCCc1oc(CCCCCCCCC(=O)OCC(COP(=O)(O)OCC(N)C(=O)O)OC(=O)CCCCCCCCc2oc(CCCCC)c(C)c2C)c(C)c1C. The van der Waals surface area contributed by atoms with E-state index in [4.69, 9.17) is 33.7 Å². The second-order valence-electron chi connectivity index (χ2n) is 16.4. The topological polar surface area (TPSA) is 198 Å². The number of carboxylic acid groups (broad SMARTS) is 1. The molecule has 0 spiro atoms. The van der Waals surface area contributed by atoms with Crippen LogP contribution in [0, 0.1) is 27.7 Å². The molecule has 3 unspecified atom stereocenters. The normalized spacial score (nSPS) is 13.6. The van der Waals surface area contributed by atoms with Crippen molar-refractivity contribution < 1.29 is 56.3 Å². The summed E-state index contributed by atoms with van der Waals surface area (Å²) in [6.45, 7) is 11.3. The summed E-state index contributed by atoms with van der Waals surface area (Å²) in [6.07, 6.45) is 21.3. The van der Waals surface area contributed by atoms with Gasteiger partial charge in [-0.25, -0.2) is 4.57 Å². The van der Waals surface area contributed by atoms with E-state index in [0.29, 0.717) is 12.8 Å². The molecule has 0 saturated carbocycles. The minimum absolute atomic E-state index is 0.123. The highest BCUT2D eigenvalue weighted by molar-refractivity contribution is 7.47. The predicted molar refractivity (Wildman–Crippen MR) is 233 cm³/mol. The monoisotopic (exact) mass is 868 g/mol. The number of ether oxygens (including phenoxy) is 2. The summed E-state index contributed by atoms with van der Waals surface area (Å²) in [4.78, 5) is 46.3. The zero-order valence-corrected chi connectivity index (χ0v) is 38.6. The van der Waals surface area contributed by atoms with E-state index in [1.54, 1.807) is 0 Å². The van der Waals surface area contributed by atoms with Crippen LogP contribution in [0.1, 0.15) is 188 Å². The molecule has 4 N–H and O–H groups in total. The Labute approximate surface area is 359 Å². The van der Waals surface area contributed by atoms with Gasteiger partial charge in [0.05, 0.1) is 13.2 Å². The van der Waals surface area contributed by atoms with Crippen LogP contribution in [0.4, 0.5) is 0 Å². The van der Waals surface area contributed by atoms with Gasteiger partial charge in [0.2, 0.25) is 0 Å². The average molecular weight is 868 g/mol. The second-order valence-corrected chi connectivity index (χ2v) is 17.8. The molecule has 0 saturated heterocycles. The highest BCUT2D eigenvalue weighted by Crippen LogP contribution is 2.43. The van der Waals surface area contributed by atoms with Crippen LogP contribution in [-0.4, -0.2) is 59.9 Å². The molecule has 60 heavy (non-hydrogen) atoms. The highest BCUT2D eigenvalue weighted by atomic mass is 31.2. The smallest absolute Gasteiger partial charge is 0.472 e. The van der Waals surface area contributed by atoms with Crippen molar-refractivity contribution in [2.24, 2.45) is 5.73 Å². The van der Waals surface area contributed by atoms with Crippen LogP contribution < -0.4 is 5.73 Å². The molecule has 0 radical (unpaired) electrons. The lowest BCUT2D eigenvalue weighted by Gasteiger charge is -2.20. The first-order valence-electron chi connectivity index (χ1n) is 22.8. The van der Waals surface area contributed by atoms with Crippen molar-refractivity contribution in [1.29, 1.82) is 0 Å². The number of carbonyl (C=O) groups excluding carboxylic acids is 2. The van der Waals surface area contributed by atoms with Gasteiger partial charge in [0.15, 0.2) is 6.10 Å². The van der Waals surface area contributed by atoms with Gasteiger partial charge >= 0.3 is 25.7 Å². The summed E-state index contributed by atoms with van der Waals surface area (Å²) >= 11 is 0. The summed E-state index contributed by atoms with van der Waals surface area (Å²) in [5.74, 6) is 2.01. The molecule has 2 rings (SSSR count). The number of nitrogens with two attached hydrogens (primary N) is 1. The lowest BCUT2D eigenvalue weighted by molar-refractivity contribution is -0.161. The fourth-order valence-electron chi connectivity index (χ4n) is 7.07. The largest absolute Gasteiger partial charge is 0.480 e. The van der Waals surface area contributed by atoms with Gasteiger partial charge in [-0.05, 0) is 88.5 Å². The summed E-state index contributed by atoms with van der Waals surface area (Å²) in [7, 11) is -4.75. The summed E-state index contributed by atoms with van der Waals surface area (Å²) in [5.41, 5.74) is 10.5. The molecule has 2 heterocycles. The number of aliphatic carboxylic acids is 1. The maximum atomic E-state index is 12.8. The van der Waals surface area contributed by atoms with Crippen LogP contribution >= 0.6 is 7.82 Å². The Kier molecular flexibility index (Phi) is 26.7. The molecule has 0 aliphatic carbocycles. The number of phosphoric acid groups is 1. The van der Waals surface area contributed by atoms with Crippen LogP contribution in [0.25, 0.3) is 0 Å². The Hall–Kier alpha value is -2.96. The lowest BCUT2D eigenvalue weighted by Crippen LogP contribution is -2.34. The van der Waals surface area contributed by atoms with Gasteiger partial charge in [-0.15, -0.1) is 0 Å². The average Bonchev–Trinajstić information content (AvgIpc) is 3.64. The quantitative estimate of drug-likeness (QED) is 0.0332. The first-order valence-corrected chi connectivity index (χ1v) is 24.3. The Bertz CT molecular complexity index is 1580. The number of phosphoric ester groups is 1. The van der Waals surface area contributed by atoms with E-state index in [0.717, 1.165) is 126 Å². The first kappa shape index (κ1) is 53.2. The van der Waals surface area contributed by atoms with Crippen molar-refractivity contribution in [2.75, 3.05) is 19.8 Å². The van der Waals surface area contributed by atoms with Gasteiger partial charge in [-0.3, -0.25) is 23.4 Å². The molecule has 344 valence electrons. The van der Waals surface area contributed by atoms with Crippen molar-refractivity contribution in [2.45, 2.75) is 208 Å². The highest BCUT2D eigenvalue weighted by Gasteiger charge is 2.28. The molecular weight excluding hydrogens is 789 g/mol. The molecule has 13 nitrogen and oxygen atoms in total. The van der Waals surface area contributed by atoms with E-state index in [2.05, 4.69) is 46.1 Å². The van der Waals surface area contributed by atoms with E-state index in [9.17, 15) is 23.8 Å². The number of furan rings is 2. The molecule has 2 aromatic heterocycles. The molecule has 0 fully saturated rings. The Morgan fingerprint density at radius 1 is 0.567 bits per heavy atom. The van der Waals surface area contributed by atoms with E-state index in [1.807, 2.05) is 0 Å². The van der Waals surface area contributed by atoms with Gasteiger partial charge in [-0.1, -0.05) is 90.9 Å². The van der Waals surface area contributed by atoms with Gasteiger partial charge in [0.25, 0.3) is 0 Å². The van der Waals surface area contributed by atoms with Crippen LogP contribution in [0.2, 0.25) is 0 Å². The maximum absolute atomic E-state index is 12.8. The minimum Gasteiger partial charge on any atom is -0.480 e. The molecule has 0 amide bonds. The number of carbonyl (C=O) groups is 3. The second kappa shape index (κ2) is 30.1. The molecule has 0 bridgehead atoms.